The summed E-state index contributed by atoms with van der Waals surface area (Å²) in [5.74, 6) is 1.42. The third-order valence-corrected chi connectivity index (χ3v) is 2.85. The molecule has 0 amide bonds. The van der Waals surface area contributed by atoms with Crippen molar-refractivity contribution in [1.29, 1.82) is 0 Å². The largest absolute Gasteiger partial charge is 0.392 e. The summed E-state index contributed by atoms with van der Waals surface area (Å²) in [7, 11) is 0. The third kappa shape index (κ3) is 1.80. The molecule has 1 aromatic heterocycles. The van der Waals surface area contributed by atoms with Crippen LogP contribution in [-0.4, -0.2) is 21.4 Å². The second kappa shape index (κ2) is 4.09. The fourth-order valence-corrected chi connectivity index (χ4v) is 1.96. The lowest BCUT2D eigenvalue weighted by atomic mass is 9.86. The van der Waals surface area contributed by atoms with E-state index in [1.807, 2.05) is 6.92 Å². The molecular weight excluding hydrogens is 180 g/mol. The zero-order valence-electron chi connectivity index (χ0n) is 8.44. The lowest BCUT2D eigenvalue weighted by molar-refractivity contribution is 0.0908. The smallest absolute Gasteiger partial charge is 0.232 e. The molecule has 0 aromatic carbocycles. The predicted octanol–water partition coefficient (Wildman–Crippen LogP) is 1.65. The van der Waals surface area contributed by atoms with Crippen LogP contribution in [0.25, 0.3) is 0 Å². The molecule has 14 heavy (non-hydrogen) atoms. The Morgan fingerprint density at radius 1 is 1.43 bits per heavy atom. The van der Waals surface area contributed by atoms with Gasteiger partial charge in [0.15, 0.2) is 5.82 Å². The van der Waals surface area contributed by atoms with Crippen LogP contribution in [0.15, 0.2) is 4.52 Å². The normalized spacial score (nSPS) is 27.9. The van der Waals surface area contributed by atoms with Crippen molar-refractivity contribution in [3.63, 3.8) is 0 Å². The minimum atomic E-state index is -0.297. The fourth-order valence-electron chi connectivity index (χ4n) is 1.96. The van der Waals surface area contributed by atoms with E-state index in [0.29, 0.717) is 5.89 Å². The predicted molar refractivity (Wildman–Crippen MR) is 50.9 cm³/mol. The molecule has 1 saturated carbocycles. The first-order valence-corrected chi connectivity index (χ1v) is 5.31. The maximum absolute atomic E-state index is 9.78. The number of rotatable bonds is 2. The molecule has 0 saturated heterocycles. The minimum Gasteiger partial charge on any atom is -0.392 e. The zero-order chi connectivity index (χ0) is 9.97. The van der Waals surface area contributed by atoms with Crippen LogP contribution in [0.3, 0.4) is 0 Å². The van der Waals surface area contributed by atoms with Crippen molar-refractivity contribution < 1.29 is 9.63 Å². The van der Waals surface area contributed by atoms with Gasteiger partial charge in [0.05, 0.1) is 12.0 Å². The van der Waals surface area contributed by atoms with Crippen molar-refractivity contribution in [2.75, 3.05) is 0 Å². The molecule has 4 heteroatoms. The molecule has 2 rings (SSSR count). The van der Waals surface area contributed by atoms with Crippen LogP contribution in [0.4, 0.5) is 0 Å². The van der Waals surface area contributed by atoms with Crippen molar-refractivity contribution in [2.45, 2.75) is 51.0 Å². The number of aliphatic hydroxyl groups is 1. The molecule has 1 fully saturated rings. The van der Waals surface area contributed by atoms with Crippen molar-refractivity contribution >= 4 is 0 Å². The standard InChI is InChI=1S/C10H16N2O2/c1-2-9-11-10(14-12-9)7-5-3-4-6-8(7)13/h7-8,13H,2-6H2,1H3. The highest BCUT2D eigenvalue weighted by Gasteiger charge is 2.29. The van der Waals surface area contributed by atoms with Crippen LogP contribution in [0.5, 0.6) is 0 Å². The van der Waals surface area contributed by atoms with Crippen LogP contribution in [0.1, 0.15) is 50.2 Å². The first-order valence-electron chi connectivity index (χ1n) is 5.31. The third-order valence-electron chi connectivity index (χ3n) is 2.85. The molecule has 4 nitrogen and oxygen atoms in total. The van der Waals surface area contributed by atoms with E-state index in [4.69, 9.17) is 4.52 Å². The van der Waals surface area contributed by atoms with Gasteiger partial charge in [0, 0.05) is 6.42 Å². The van der Waals surface area contributed by atoms with Crippen LogP contribution in [0, 0.1) is 0 Å². The van der Waals surface area contributed by atoms with E-state index in [2.05, 4.69) is 10.1 Å². The van der Waals surface area contributed by atoms with Gasteiger partial charge >= 0.3 is 0 Å². The maximum Gasteiger partial charge on any atom is 0.232 e. The number of hydrogen-bond donors (Lipinski definition) is 1. The quantitative estimate of drug-likeness (QED) is 0.781. The van der Waals surface area contributed by atoms with Gasteiger partial charge in [-0.3, -0.25) is 0 Å². The summed E-state index contributed by atoms with van der Waals surface area (Å²) in [6.07, 6.45) is 4.56. The average molecular weight is 196 g/mol. The van der Waals surface area contributed by atoms with Gasteiger partial charge in [-0.2, -0.15) is 4.98 Å². The Bertz CT molecular complexity index is 298. The number of aromatic nitrogens is 2. The van der Waals surface area contributed by atoms with E-state index in [1.54, 1.807) is 0 Å². The summed E-state index contributed by atoms with van der Waals surface area (Å²) >= 11 is 0. The highest BCUT2D eigenvalue weighted by molar-refractivity contribution is 4.98. The fraction of sp³-hybridized carbons (Fsp3) is 0.800. The van der Waals surface area contributed by atoms with Crippen molar-refractivity contribution in [3.05, 3.63) is 11.7 Å². The molecule has 1 aliphatic carbocycles. The Labute approximate surface area is 83.3 Å². The Balaban J connectivity index is 2.12. The van der Waals surface area contributed by atoms with Crippen molar-refractivity contribution in [1.82, 2.24) is 10.1 Å². The van der Waals surface area contributed by atoms with Gasteiger partial charge in [-0.25, -0.2) is 0 Å². The molecule has 1 aliphatic rings. The number of aryl methyl sites for hydroxylation is 1. The minimum absolute atomic E-state index is 0.0662. The van der Waals surface area contributed by atoms with Gasteiger partial charge in [-0.1, -0.05) is 24.9 Å². The van der Waals surface area contributed by atoms with E-state index in [1.165, 1.54) is 0 Å². The SMILES string of the molecule is CCc1noc(C2CCCCC2O)n1. The topological polar surface area (TPSA) is 59.2 Å². The average Bonchev–Trinajstić information content (AvgIpc) is 2.67. The molecule has 0 spiro atoms. The molecular formula is C10H16N2O2. The Hall–Kier alpha value is -0.900. The second-order valence-electron chi connectivity index (χ2n) is 3.86. The number of nitrogens with zero attached hydrogens (tertiary/aromatic N) is 2. The summed E-state index contributed by atoms with van der Waals surface area (Å²) in [5, 5.41) is 13.6. The van der Waals surface area contributed by atoms with Crippen molar-refractivity contribution in [3.8, 4) is 0 Å². The molecule has 1 heterocycles. The lowest BCUT2D eigenvalue weighted by Crippen LogP contribution is -2.22. The van der Waals surface area contributed by atoms with Crippen LogP contribution in [0.2, 0.25) is 0 Å². The summed E-state index contributed by atoms with van der Waals surface area (Å²) in [5.41, 5.74) is 0. The highest BCUT2D eigenvalue weighted by atomic mass is 16.5. The van der Waals surface area contributed by atoms with Crippen LogP contribution in [-0.2, 0) is 6.42 Å². The molecule has 0 bridgehead atoms. The molecule has 2 unspecified atom stereocenters. The molecule has 1 N–H and O–H groups in total. The van der Waals surface area contributed by atoms with Crippen molar-refractivity contribution in [2.24, 2.45) is 0 Å². The Morgan fingerprint density at radius 2 is 2.21 bits per heavy atom. The first kappa shape index (κ1) is 9.65. The first-order chi connectivity index (χ1) is 6.81. The van der Waals surface area contributed by atoms with Gasteiger partial charge in [0.25, 0.3) is 0 Å². The Kier molecular flexibility index (Phi) is 2.82. The highest BCUT2D eigenvalue weighted by Crippen LogP contribution is 2.31. The van der Waals surface area contributed by atoms with E-state index >= 15 is 0 Å². The molecule has 2 atom stereocenters. The second-order valence-corrected chi connectivity index (χ2v) is 3.86. The number of aliphatic hydroxyl groups excluding tert-OH is 1. The monoisotopic (exact) mass is 196 g/mol. The van der Waals surface area contributed by atoms with Crippen LogP contribution < -0.4 is 0 Å². The van der Waals surface area contributed by atoms with Gasteiger partial charge in [-0.15, -0.1) is 0 Å². The van der Waals surface area contributed by atoms with E-state index < -0.39 is 0 Å². The summed E-state index contributed by atoms with van der Waals surface area (Å²) in [6, 6.07) is 0. The molecule has 78 valence electrons. The van der Waals surface area contributed by atoms with Gasteiger partial charge < -0.3 is 9.63 Å². The summed E-state index contributed by atoms with van der Waals surface area (Å²) < 4.78 is 5.14. The summed E-state index contributed by atoms with van der Waals surface area (Å²) in [4.78, 5) is 4.27. The summed E-state index contributed by atoms with van der Waals surface area (Å²) in [6.45, 7) is 1.99. The van der Waals surface area contributed by atoms with Crippen LogP contribution >= 0.6 is 0 Å². The Morgan fingerprint density at radius 3 is 2.86 bits per heavy atom. The lowest BCUT2D eigenvalue weighted by Gasteiger charge is -2.24. The molecule has 0 aliphatic heterocycles. The van der Waals surface area contributed by atoms with E-state index in [0.717, 1.165) is 37.9 Å². The van der Waals surface area contributed by atoms with E-state index in [9.17, 15) is 5.11 Å². The molecule has 0 radical (unpaired) electrons. The maximum atomic E-state index is 9.78. The van der Waals surface area contributed by atoms with Gasteiger partial charge in [0.2, 0.25) is 5.89 Å². The van der Waals surface area contributed by atoms with Gasteiger partial charge in [-0.05, 0) is 12.8 Å². The zero-order valence-corrected chi connectivity index (χ0v) is 8.44. The number of hydrogen-bond acceptors (Lipinski definition) is 4. The molecule has 1 aromatic rings. The van der Waals surface area contributed by atoms with E-state index in [-0.39, 0.29) is 12.0 Å². The van der Waals surface area contributed by atoms with Gasteiger partial charge in [0.1, 0.15) is 0 Å².